The molecule has 0 radical (unpaired) electrons. The van der Waals surface area contributed by atoms with E-state index in [9.17, 15) is 4.79 Å². The van der Waals surface area contributed by atoms with E-state index in [4.69, 9.17) is 0 Å². The Balaban J connectivity index is 1.82. The zero-order chi connectivity index (χ0) is 11.9. The number of thioether (sulfide) groups is 1. The Kier molecular flexibility index (Phi) is 4.39. The van der Waals surface area contributed by atoms with Crippen LogP contribution in [0.1, 0.15) is 15.9 Å². The quantitative estimate of drug-likeness (QED) is 0.742. The fourth-order valence-corrected chi connectivity index (χ4v) is 2.43. The van der Waals surface area contributed by atoms with Crippen LogP contribution in [0.4, 0.5) is 0 Å². The van der Waals surface area contributed by atoms with Gasteiger partial charge in [0, 0.05) is 11.3 Å². The molecule has 0 N–H and O–H groups in total. The van der Waals surface area contributed by atoms with Gasteiger partial charge in [-0.05, 0) is 5.56 Å². The predicted molar refractivity (Wildman–Crippen MR) is 73.4 cm³/mol. The molecule has 0 unspecified atom stereocenters. The van der Waals surface area contributed by atoms with Crippen molar-refractivity contribution in [2.45, 2.75) is 5.75 Å². The molecule has 86 valence electrons. The van der Waals surface area contributed by atoms with Crippen LogP contribution in [0.5, 0.6) is 0 Å². The third-order valence-corrected chi connectivity index (χ3v) is 3.44. The Bertz CT molecular complexity index is 465. The number of benzene rings is 2. The van der Waals surface area contributed by atoms with Gasteiger partial charge in [0.2, 0.25) is 0 Å². The lowest BCUT2D eigenvalue weighted by molar-refractivity contribution is 0.102. The van der Waals surface area contributed by atoms with Crippen LogP contribution in [0.3, 0.4) is 0 Å². The maximum atomic E-state index is 11.8. The Morgan fingerprint density at radius 1 is 0.882 bits per heavy atom. The summed E-state index contributed by atoms with van der Waals surface area (Å²) in [5.74, 6) is 1.63. The van der Waals surface area contributed by atoms with Crippen molar-refractivity contribution in [2.24, 2.45) is 0 Å². The molecule has 0 amide bonds. The molecule has 0 saturated carbocycles. The second-order valence-corrected chi connectivity index (χ2v) is 4.75. The summed E-state index contributed by atoms with van der Waals surface area (Å²) in [5.41, 5.74) is 2.06. The topological polar surface area (TPSA) is 17.1 Å². The number of hydrogen-bond acceptors (Lipinski definition) is 2. The molecule has 2 aromatic rings. The maximum Gasteiger partial charge on any atom is 0.172 e. The second kappa shape index (κ2) is 6.26. The van der Waals surface area contributed by atoms with Gasteiger partial charge in [-0.3, -0.25) is 4.79 Å². The molecule has 0 spiro atoms. The number of hydrogen-bond donors (Lipinski definition) is 0. The first-order chi connectivity index (χ1) is 8.36. The fourth-order valence-electron chi connectivity index (χ4n) is 1.54. The molecule has 2 rings (SSSR count). The molecule has 0 bridgehead atoms. The molecule has 0 aliphatic carbocycles. The van der Waals surface area contributed by atoms with Gasteiger partial charge < -0.3 is 0 Å². The molecule has 0 aliphatic rings. The molecular formula is C15H14OS. The van der Waals surface area contributed by atoms with Crippen molar-refractivity contribution in [2.75, 3.05) is 5.75 Å². The van der Waals surface area contributed by atoms with E-state index < -0.39 is 0 Å². The minimum atomic E-state index is 0.200. The van der Waals surface area contributed by atoms with E-state index in [1.807, 2.05) is 48.5 Å². The van der Waals surface area contributed by atoms with Crippen LogP contribution < -0.4 is 0 Å². The monoisotopic (exact) mass is 242 g/mol. The zero-order valence-corrected chi connectivity index (χ0v) is 10.3. The Morgan fingerprint density at radius 2 is 1.47 bits per heavy atom. The van der Waals surface area contributed by atoms with Crippen molar-refractivity contribution < 1.29 is 4.79 Å². The van der Waals surface area contributed by atoms with E-state index in [0.717, 1.165) is 11.3 Å². The van der Waals surface area contributed by atoms with Gasteiger partial charge >= 0.3 is 0 Å². The molecule has 0 fully saturated rings. The highest BCUT2D eigenvalue weighted by atomic mass is 32.2. The van der Waals surface area contributed by atoms with Gasteiger partial charge in [-0.15, -0.1) is 11.8 Å². The van der Waals surface area contributed by atoms with Gasteiger partial charge in [-0.1, -0.05) is 60.7 Å². The Morgan fingerprint density at radius 3 is 2.12 bits per heavy atom. The minimum Gasteiger partial charge on any atom is -0.293 e. The SMILES string of the molecule is O=C(CSCc1ccccc1)c1ccccc1. The molecule has 2 aromatic carbocycles. The van der Waals surface area contributed by atoms with Crippen LogP contribution in [0.25, 0.3) is 0 Å². The molecule has 2 heteroatoms. The van der Waals surface area contributed by atoms with Crippen LogP contribution in [-0.2, 0) is 5.75 Å². The fraction of sp³-hybridized carbons (Fsp3) is 0.133. The van der Waals surface area contributed by atoms with Crippen molar-refractivity contribution in [1.29, 1.82) is 0 Å². The van der Waals surface area contributed by atoms with Crippen molar-refractivity contribution in [3.05, 3.63) is 71.8 Å². The predicted octanol–water partition coefficient (Wildman–Crippen LogP) is 3.80. The van der Waals surface area contributed by atoms with Crippen molar-refractivity contribution in [1.82, 2.24) is 0 Å². The summed E-state index contributed by atoms with van der Waals surface area (Å²) in [6.07, 6.45) is 0. The highest BCUT2D eigenvalue weighted by Crippen LogP contribution is 2.13. The van der Waals surface area contributed by atoms with Crippen molar-refractivity contribution in [3.8, 4) is 0 Å². The molecule has 0 heterocycles. The summed E-state index contributed by atoms with van der Waals surface area (Å²) in [5, 5.41) is 0. The van der Waals surface area contributed by atoms with Gasteiger partial charge in [-0.25, -0.2) is 0 Å². The van der Waals surface area contributed by atoms with E-state index >= 15 is 0 Å². The summed E-state index contributed by atoms with van der Waals surface area (Å²) in [6, 6.07) is 19.7. The Labute approximate surface area is 106 Å². The van der Waals surface area contributed by atoms with Crippen LogP contribution in [0.2, 0.25) is 0 Å². The minimum absolute atomic E-state index is 0.200. The molecule has 0 aromatic heterocycles. The first-order valence-electron chi connectivity index (χ1n) is 5.56. The summed E-state index contributed by atoms with van der Waals surface area (Å²) < 4.78 is 0. The average molecular weight is 242 g/mol. The number of carbonyl (C=O) groups is 1. The first kappa shape index (κ1) is 11.9. The van der Waals surface area contributed by atoms with E-state index in [2.05, 4.69) is 12.1 Å². The zero-order valence-electron chi connectivity index (χ0n) is 9.50. The molecule has 0 aliphatic heterocycles. The molecule has 1 nitrogen and oxygen atoms in total. The summed E-state index contributed by atoms with van der Waals surface area (Å²) >= 11 is 1.66. The van der Waals surface area contributed by atoms with Gasteiger partial charge in [-0.2, -0.15) is 0 Å². The van der Waals surface area contributed by atoms with Crippen LogP contribution >= 0.6 is 11.8 Å². The molecule has 17 heavy (non-hydrogen) atoms. The smallest absolute Gasteiger partial charge is 0.172 e. The number of rotatable bonds is 5. The second-order valence-electron chi connectivity index (χ2n) is 3.77. The third kappa shape index (κ3) is 3.75. The van der Waals surface area contributed by atoms with E-state index in [-0.39, 0.29) is 5.78 Å². The highest BCUT2D eigenvalue weighted by molar-refractivity contribution is 7.99. The van der Waals surface area contributed by atoms with Gasteiger partial charge in [0.1, 0.15) is 0 Å². The first-order valence-corrected chi connectivity index (χ1v) is 6.71. The van der Waals surface area contributed by atoms with Crippen LogP contribution in [0, 0.1) is 0 Å². The van der Waals surface area contributed by atoms with E-state index in [0.29, 0.717) is 5.75 Å². The van der Waals surface area contributed by atoms with Crippen LogP contribution in [0.15, 0.2) is 60.7 Å². The normalized spacial score (nSPS) is 10.1. The maximum absolute atomic E-state index is 11.8. The van der Waals surface area contributed by atoms with Crippen LogP contribution in [-0.4, -0.2) is 11.5 Å². The third-order valence-electron chi connectivity index (χ3n) is 2.44. The lowest BCUT2D eigenvalue weighted by Gasteiger charge is -2.01. The molecular weight excluding hydrogens is 228 g/mol. The lowest BCUT2D eigenvalue weighted by Crippen LogP contribution is -2.02. The van der Waals surface area contributed by atoms with Crippen molar-refractivity contribution >= 4 is 17.5 Å². The molecule has 0 atom stereocenters. The number of carbonyl (C=O) groups excluding carboxylic acids is 1. The van der Waals surface area contributed by atoms with Crippen molar-refractivity contribution in [3.63, 3.8) is 0 Å². The summed E-state index contributed by atoms with van der Waals surface area (Å²) in [7, 11) is 0. The largest absolute Gasteiger partial charge is 0.293 e. The number of ketones is 1. The van der Waals surface area contributed by atoms with E-state index in [1.165, 1.54) is 5.56 Å². The highest BCUT2D eigenvalue weighted by Gasteiger charge is 2.04. The van der Waals surface area contributed by atoms with Gasteiger partial charge in [0.05, 0.1) is 5.75 Å². The number of Topliss-reactive ketones (excluding diaryl/α,β-unsaturated/α-hetero) is 1. The van der Waals surface area contributed by atoms with E-state index in [1.54, 1.807) is 11.8 Å². The molecule has 0 saturated heterocycles. The standard InChI is InChI=1S/C15H14OS/c16-15(14-9-5-2-6-10-14)12-17-11-13-7-3-1-4-8-13/h1-10H,11-12H2. The lowest BCUT2D eigenvalue weighted by atomic mass is 10.2. The van der Waals surface area contributed by atoms with Gasteiger partial charge in [0.25, 0.3) is 0 Å². The Hall–Kier alpha value is -1.54. The van der Waals surface area contributed by atoms with Gasteiger partial charge in [0.15, 0.2) is 5.78 Å². The average Bonchev–Trinajstić information content (AvgIpc) is 2.41. The summed E-state index contributed by atoms with van der Waals surface area (Å²) in [6.45, 7) is 0. The summed E-state index contributed by atoms with van der Waals surface area (Å²) in [4.78, 5) is 11.8.